The molecule has 28 heavy (non-hydrogen) atoms. The lowest BCUT2D eigenvalue weighted by atomic mass is 10.1. The maximum Gasteiger partial charge on any atom is 0.251 e. The quantitative estimate of drug-likeness (QED) is 0.554. The first-order valence-corrected chi connectivity index (χ1v) is 8.95. The number of para-hydroxylation sites is 1. The van der Waals surface area contributed by atoms with Crippen LogP contribution in [0.25, 0.3) is 16.7 Å². The molecule has 1 amide bonds. The Morgan fingerprint density at radius 3 is 2.89 bits per heavy atom. The molecule has 1 unspecified atom stereocenters. The summed E-state index contributed by atoms with van der Waals surface area (Å²) < 4.78 is 13.1. The highest BCUT2D eigenvalue weighted by molar-refractivity contribution is 5.95. The van der Waals surface area contributed by atoms with Crippen LogP contribution < -0.4 is 10.1 Å². The SMILES string of the molecule is CCOc1cccc2cc(C(C)NC(=O)c3cccc(-n4cnnn4)c3)oc12. The van der Waals surface area contributed by atoms with Gasteiger partial charge >= 0.3 is 0 Å². The molecule has 2 heterocycles. The maximum absolute atomic E-state index is 12.7. The monoisotopic (exact) mass is 377 g/mol. The molecule has 0 saturated carbocycles. The molecule has 8 nitrogen and oxygen atoms in total. The molecule has 142 valence electrons. The molecule has 1 atom stereocenters. The van der Waals surface area contributed by atoms with Crippen LogP contribution >= 0.6 is 0 Å². The van der Waals surface area contributed by atoms with Gasteiger partial charge in [-0.15, -0.1) is 5.10 Å². The molecule has 0 fully saturated rings. The number of tetrazole rings is 1. The number of nitrogens with zero attached hydrogens (tertiary/aromatic N) is 4. The van der Waals surface area contributed by atoms with Crippen molar-refractivity contribution in [1.29, 1.82) is 0 Å². The van der Waals surface area contributed by atoms with Gasteiger partial charge in [0.1, 0.15) is 12.1 Å². The van der Waals surface area contributed by atoms with Gasteiger partial charge in [0.15, 0.2) is 11.3 Å². The minimum atomic E-state index is -0.314. The fourth-order valence-electron chi connectivity index (χ4n) is 2.96. The normalized spacial score (nSPS) is 12.1. The average Bonchev–Trinajstić information content (AvgIpc) is 3.39. The summed E-state index contributed by atoms with van der Waals surface area (Å²) in [5.41, 5.74) is 1.89. The first-order chi connectivity index (χ1) is 13.7. The average molecular weight is 377 g/mol. The number of carbonyl (C=O) groups excluding carboxylic acids is 1. The van der Waals surface area contributed by atoms with Crippen LogP contribution in [0.4, 0.5) is 0 Å². The Morgan fingerprint density at radius 2 is 2.11 bits per heavy atom. The van der Waals surface area contributed by atoms with Crippen LogP contribution in [0.15, 0.2) is 59.3 Å². The minimum Gasteiger partial charge on any atom is -0.490 e. The summed E-state index contributed by atoms with van der Waals surface area (Å²) in [5.74, 6) is 1.14. The maximum atomic E-state index is 12.7. The summed E-state index contributed by atoms with van der Waals surface area (Å²) >= 11 is 0. The number of nitrogens with one attached hydrogen (secondary N) is 1. The van der Waals surface area contributed by atoms with Crippen molar-refractivity contribution in [3.05, 3.63) is 66.2 Å². The molecule has 4 rings (SSSR count). The van der Waals surface area contributed by atoms with E-state index in [0.29, 0.717) is 35.0 Å². The Labute approximate surface area is 161 Å². The summed E-state index contributed by atoms with van der Waals surface area (Å²) in [6.07, 6.45) is 1.48. The number of amides is 1. The van der Waals surface area contributed by atoms with E-state index in [9.17, 15) is 4.79 Å². The molecule has 4 aromatic rings. The van der Waals surface area contributed by atoms with Crippen LogP contribution in [0.3, 0.4) is 0 Å². The Bertz CT molecular complexity index is 1100. The molecule has 8 heteroatoms. The highest BCUT2D eigenvalue weighted by Crippen LogP contribution is 2.31. The third kappa shape index (κ3) is 3.44. The largest absolute Gasteiger partial charge is 0.490 e. The molecule has 1 N–H and O–H groups in total. The smallest absolute Gasteiger partial charge is 0.251 e. The van der Waals surface area contributed by atoms with Gasteiger partial charge in [-0.2, -0.15) is 0 Å². The fourth-order valence-corrected chi connectivity index (χ4v) is 2.96. The lowest BCUT2D eigenvalue weighted by Gasteiger charge is -2.12. The summed E-state index contributed by atoms with van der Waals surface area (Å²) in [6.45, 7) is 4.36. The Hall–Kier alpha value is -3.68. The first kappa shape index (κ1) is 17.7. The second-order valence-electron chi connectivity index (χ2n) is 6.26. The van der Waals surface area contributed by atoms with Crippen LogP contribution in [0.1, 0.15) is 36.0 Å². The van der Waals surface area contributed by atoms with Crippen molar-refractivity contribution in [2.24, 2.45) is 0 Å². The lowest BCUT2D eigenvalue weighted by molar-refractivity contribution is 0.0935. The van der Waals surface area contributed by atoms with Gasteiger partial charge in [-0.05, 0) is 54.6 Å². The molecule has 2 aromatic heterocycles. The number of ether oxygens (including phenoxy) is 1. The van der Waals surface area contributed by atoms with E-state index in [0.717, 1.165) is 5.39 Å². The predicted octanol–water partition coefficient (Wildman–Crippen LogP) is 3.30. The van der Waals surface area contributed by atoms with Gasteiger partial charge in [-0.1, -0.05) is 18.2 Å². The first-order valence-electron chi connectivity index (χ1n) is 8.95. The van der Waals surface area contributed by atoms with Gasteiger partial charge in [0.05, 0.1) is 18.3 Å². The second-order valence-corrected chi connectivity index (χ2v) is 6.26. The van der Waals surface area contributed by atoms with Gasteiger partial charge < -0.3 is 14.5 Å². The van der Waals surface area contributed by atoms with Crippen molar-refractivity contribution in [3.8, 4) is 11.4 Å². The van der Waals surface area contributed by atoms with E-state index in [1.807, 2.05) is 44.2 Å². The second kappa shape index (κ2) is 7.51. The number of fused-ring (bicyclic) bond motifs is 1. The van der Waals surface area contributed by atoms with Crippen molar-refractivity contribution in [1.82, 2.24) is 25.5 Å². The molecule has 0 spiro atoms. The predicted molar refractivity (Wildman–Crippen MR) is 102 cm³/mol. The minimum absolute atomic E-state index is 0.215. The number of benzene rings is 2. The number of furan rings is 1. The zero-order valence-electron chi connectivity index (χ0n) is 15.5. The highest BCUT2D eigenvalue weighted by atomic mass is 16.5. The van der Waals surface area contributed by atoms with E-state index in [1.165, 1.54) is 11.0 Å². The van der Waals surface area contributed by atoms with E-state index in [2.05, 4.69) is 20.8 Å². The summed E-state index contributed by atoms with van der Waals surface area (Å²) in [5, 5.41) is 15.0. The van der Waals surface area contributed by atoms with Gasteiger partial charge in [0.2, 0.25) is 0 Å². The number of rotatable bonds is 6. The van der Waals surface area contributed by atoms with E-state index in [1.54, 1.807) is 18.2 Å². The highest BCUT2D eigenvalue weighted by Gasteiger charge is 2.17. The van der Waals surface area contributed by atoms with Crippen LogP contribution in [-0.4, -0.2) is 32.7 Å². The van der Waals surface area contributed by atoms with E-state index in [4.69, 9.17) is 9.15 Å². The standard InChI is InChI=1S/C20H19N5O3/c1-3-27-17-9-5-6-14-11-18(28-19(14)17)13(2)22-20(26)15-7-4-8-16(10-15)25-12-21-23-24-25/h4-13H,3H2,1-2H3,(H,22,26). The van der Waals surface area contributed by atoms with Crippen molar-refractivity contribution in [2.45, 2.75) is 19.9 Å². The summed E-state index contributed by atoms with van der Waals surface area (Å²) in [4.78, 5) is 12.7. The molecule has 0 bridgehead atoms. The molecule has 0 aliphatic heterocycles. The van der Waals surface area contributed by atoms with Gasteiger partial charge in [0, 0.05) is 10.9 Å². The number of hydrogen-bond donors (Lipinski definition) is 1. The Balaban J connectivity index is 1.54. The van der Waals surface area contributed by atoms with Crippen molar-refractivity contribution in [2.75, 3.05) is 6.61 Å². The molecule has 2 aromatic carbocycles. The van der Waals surface area contributed by atoms with E-state index in [-0.39, 0.29) is 11.9 Å². The van der Waals surface area contributed by atoms with Crippen molar-refractivity contribution < 1.29 is 13.9 Å². The summed E-state index contributed by atoms with van der Waals surface area (Å²) in [7, 11) is 0. The number of aromatic nitrogens is 4. The van der Waals surface area contributed by atoms with Crippen LogP contribution in [-0.2, 0) is 0 Å². The van der Waals surface area contributed by atoms with Crippen molar-refractivity contribution in [3.63, 3.8) is 0 Å². The topological polar surface area (TPSA) is 95.1 Å². The number of carbonyl (C=O) groups is 1. The van der Waals surface area contributed by atoms with Crippen LogP contribution in [0, 0.1) is 0 Å². The Kier molecular flexibility index (Phi) is 4.76. The zero-order valence-corrected chi connectivity index (χ0v) is 15.5. The third-order valence-corrected chi connectivity index (χ3v) is 4.32. The third-order valence-electron chi connectivity index (χ3n) is 4.32. The van der Waals surface area contributed by atoms with Crippen molar-refractivity contribution >= 4 is 16.9 Å². The van der Waals surface area contributed by atoms with Crippen LogP contribution in [0.5, 0.6) is 5.75 Å². The molecule has 0 aliphatic rings. The Morgan fingerprint density at radius 1 is 1.25 bits per heavy atom. The number of hydrogen-bond acceptors (Lipinski definition) is 6. The molecule has 0 radical (unpaired) electrons. The zero-order chi connectivity index (χ0) is 19.5. The van der Waals surface area contributed by atoms with Gasteiger partial charge in [-0.3, -0.25) is 4.79 Å². The molecular weight excluding hydrogens is 358 g/mol. The molecule has 0 aliphatic carbocycles. The molecular formula is C20H19N5O3. The van der Waals surface area contributed by atoms with Crippen LogP contribution in [0.2, 0.25) is 0 Å². The van der Waals surface area contributed by atoms with E-state index >= 15 is 0 Å². The lowest BCUT2D eigenvalue weighted by Crippen LogP contribution is -2.26. The van der Waals surface area contributed by atoms with Gasteiger partial charge in [-0.25, -0.2) is 4.68 Å². The van der Waals surface area contributed by atoms with E-state index < -0.39 is 0 Å². The molecule has 0 saturated heterocycles. The van der Waals surface area contributed by atoms with Gasteiger partial charge in [0.25, 0.3) is 5.91 Å². The summed E-state index contributed by atoms with van der Waals surface area (Å²) in [6, 6.07) is 14.4. The fraction of sp³-hybridized carbons (Fsp3) is 0.200.